The summed E-state index contributed by atoms with van der Waals surface area (Å²) in [6, 6.07) is 18.9. The van der Waals surface area contributed by atoms with Gasteiger partial charge in [0.25, 0.3) is 0 Å². The third kappa shape index (κ3) is 4.00. The smallest absolute Gasteiger partial charge is 0.307 e. The van der Waals surface area contributed by atoms with Crippen LogP contribution in [0.2, 0.25) is 0 Å². The van der Waals surface area contributed by atoms with E-state index in [-0.39, 0.29) is 19.1 Å². The van der Waals surface area contributed by atoms with E-state index in [0.717, 1.165) is 38.9 Å². The summed E-state index contributed by atoms with van der Waals surface area (Å²) in [6.45, 7) is 0.474. The first-order chi connectivity index (χ1) is 16.4. The summed E-state index contributed by atoms with van der Waals surface area (Å²) in [4.78, 5) is 13.5. The quantitative estimate of drug-likeness (QED) is 0.395. The minimum atomic E-state index is -0.898. The number of aliphatic hydroxyl groups is 1. The molecule has 0 unspecified atom stereocenters. The van der Waals surface area contributed by atoms with Crippen molar-refractivity contribution in [2.45, 2.75) is 18.6 Å². The topological polar surface area (TPSA) is 109 Å². The fourth-order valence-corrected chi connectivity index (χ4v) is 4.56. The Morgan fingerprint density at radius 2 is 2.00 bits per heavy atom. The van der Waals surface area contributed by atoms with Gasteiger partial charge in [0.1, 0.15) is 17.4 Å². The summed E-state index contributed by atoms with van der Waals surface area (Å²) < 4.78 is 12.2. The van der Waals surface area contributed by atoms with Gasteiger partial charge in [-0.05, 0) is 47.0 Å². The summed E-state index contributed by atoms with van der Waals surface area (Å²) in [5, 5.41) is 19.8. The minimum absolute atomic E-state index is 0.104. The summed E-state index contributed by atoms with van der Waals surface area (Å²) in [6.07, 6.45) is 1.26. The Balaban J connectivity index is 1.58. The maximum Gasteiger partial charge on any atom is 0.307 e. The maximum atomic E-state index is 11.4. The van der Waals surface area contributed by atoms with Crippen LogP contribution in [0.4, 0.5) is 5.69 Å². The fourth-order valence-electron chi connectivity index (χ4n) is 4.56. The lowest BCUT2D eigenvalue weighted by atomic mass is 9.95. The van der Waals surface area contributed by atoms with Crippen LogP contribution in [0.3, 0.4) is 0 Å². The number of carbonyl (C=O) groups is 1. The second kappa shape index (κ2) is 8.85. The number of nitrogens with zero attached hydrogens (tertiary/aromatic N) is 1. The standard InChI is InChI=1S/C27H26N2O5/c1-29-14-24(34-27-18(13-25(31)32)6-3-7-23(27)29)20-11-19-8-9-33-26(19)21(12-20)16-4-2-5-17(10-16)22(28)15-30/h2-12,22,24,30H,13-15,28H2,1H3,(H,31,32)/t22-,24+/m1/s1. The highest BCUT2D eigenvalue weighted by Gasteiger charge is 2.28. The molecule has 0 saturated carbocycles. The Morgan fingerprint density at radius 1 is 1.18 bits per heavy atom. The molecule has 4 aromatic rings. The zero-order valence-electron chi connectivity index (χ0n) is 18.8. The molecule has 0 bridgehead atoms. The van der Waals surface area contributed by atoms with Crippen molar-refractivity contribution in [3.63, 3.8) is 0 Å². The first kappa shape index (κ1) is 22.0. The molecular formula is C27H26N2O5. The lowest BCUT2D eigenvalue weighted by Gasteiger charge is -2.35. The van der Waals surface area contributed by atoms with Crippen LogP contribution in [-0.4, -0.2) is 36.4 Å². The number of aliphatic carboxylic acids is 1. The molecule has 174 valence electrons. The van der Waals surface area contributed by atoms with E-state index in [2.05, 4.69) is 17.0 Å². The molecule has 0 saturated heterocycles. The third-order valence-corrected chi connectivity index (χ3v) is 6.30. The van der Waals surface area contributed by atoms with Gasteiger partial charge in [-0.25, -0.2) is 0 Å². The predicted molar refractivity (Wildman–Crippen MR) is 130 cm³/mol. The van der Waals surface area contributed by atoms with E-state index in [1.807, 2.05) is 49.5 Å². The lowest BCUT2D eigenvalue weighted by molar-refractivity contribution is -0.136. The van der Waals surface area contributed by atoms with E-state index < -0.39 is 12.0 Å². The number of anilines is 1. The first-order valence-electron chi connectivity index (χ1n) is 11.1. The second-order valence-corrected chi connectivity index (χ2v) is 8.64. The van der Waals surface area contributed by atoms with Gasteiger partial charge in [-0.2, -0.15) is 0 Å². The van der Waals surface area contributed by atoms with Gasteiger partial charge in [-0.15, -0.1) is 0 Å². The average Bonchev–Trinajstić information content (AvgIpc) is 3.32. The Kier molecular flexibility index (Phi) is 5.73. The van der Waals surface area contributed by atoms with E-state index in [1.54, 1.807) is 12.3 Å². The molecule has 2 heterocycles. The second-order valence-electron chi connectivity index (χ2n) is 8.64. The first-order valence-corrected chi connectivity index (χ1v) is 11.1. The molecular weight excluding hydrogens is 432 g/mol. The Bertz CT molecular complexity index is 1360. The van der Waals surface area contributed by atoms with Gasteiger partial charge >= 0.3 is 5.97 Å². The summed E-state index contributed by atoms with van der Waals surface area (Å²) in [5.74, 6) is -0.293. The highest BCUT2D eigenvalue weighted by atomic mass is 16.5. The molecule has 1 aromatic heterocycles. The molecule has 5 rings (SSSR count). The van der Waals surface area contributed by atoms with E-state index in [9.17, 15) is 15.0 Å². The molecule has 0 aliphatic carbocycles. The molecule has 3 aromatic carbocycles. The van der Waals surface area contributed by atoms with Crippen LogP contribution in [0.5, 0.6) is 5.75 Å². The predicted octanol–water partition coefficient (Wildman–Crippen LogP) is 4.29. The molecule has 0 amide bonds. The van der Waals surface area contributed by atoms with Gasteiger partial charge < -0.3 is 30.0 Å². The number of furan rings is 1. The largest absolute Gasteiger partial charge is 0.481 e. The number of carboxylic acids is 1. The Morgan fingerprint density at radius 3 is 2.79 bits per heavy atom. The molecule has 7 heteroatoms. The monoisotopic (exact) mass is 458 g/mol. The highest BCUT2D eigenvalue weighted by molar-refractivity contribution is 5.93. The molecule has 34 heavy (non-hydrogen) atoms. The van der Waals surface area contributed by atoms with E-state index in [1.165, 1.54) is 0 Å². The maximum absolute atomic E-state index is 11.4. The fraction of sp³-hybridized carbons (Fsp3) is 0.222. The molecule has 1 aliphatic heterocycles. The van der Waals surface area contributed by atoms with Crippen molar-refractivity contribution in [1.82, 2.24) is 0 Å². The number of fused-ring (bicyclic) bond motifs is 2. The number of para-hydroxylation sites is 1. The van der Waals surface area contributed by atoms with Crippen molar-refractivity contribution in [1.29, 1.82) is 0 Å². The van der Waals surface area contributed by atoms with Crippen molar-refractivity contribution >= 4 is 22.6 Å². The number of rotatable bonds is 6. The summed E-state index contributed by atoms with van der Waals surface area (Å²) >= 11 is 0. The number of nitrogens with two attached hydrogens (primary N) is 1. The number of carboxylic acid groups (broad SMARTS) is 1. The van der Waals surface area contributed by atoms with Crippen LogP contribution in [0.25, 0.3) is 22.1 Å². The SMILES string of the molecule is CN1C[C@@H](c2cc(-c3cccc([C@H](N)CO)c3)c3occc3c2)Oc2c(CC(=O)O)cccc21. The van der Waals surface area contributed by atoms with Gasteiger partial charge in [0.15, 0.2) is 0 Å². The molecule has 0 fully saturated rings. The molecule has 2 atom stereocenters. The summed E-state index contributed by atoms with van der Waals surface area (Å²) in [7, 11) is 1.98. The van der Waals surface area contributed by atoms with Gasteiger partial charge in [0.2, 0.25) is 0 Å². The van der Waals surface area contributed by atoms with Crippen molar-refractivity contribution in [3.8, 4) is 16.9 Å². The number of aliphatic hydroxyl groups excluding tert-OH is 1. The molecule has 0 spiro atoms. The Labute approximate surface area is 197 Å². The number of likely N-dealkylation sites (N-methyl/N-ethyl adjacent to an activating group) is 1. The number of hydrogen-bond acceptors (Lipinski definition) is 6. The van der Waals surface area contributed by atoms with Crippen LogP contribution >= 0.6 is 0 Å². The molecule has 7 nitrogen and oxygen atoms in total. The Hall–Kier alpha value is -3.81. The number of hydrogen-bond donors (Lipinski definition) is 3. The van der Waals surface area contributed by atoms with Gasteiger partial charge in [0, 0.05) is 23.6 Å². The van der Waals surface area contributed by atoms with Crippen molar-refractivity contribution < 1.29 is 24.2 Å². The van der Waals surface area contributed by atoms with E-state index >= 15 is 0 Å². The molecule has 0 radical (unpaired) electrons. The number of ether oxygens (including phenoxy) is 1. The van der Waals surface area contributed by atoms with Crippen molar-refractivity contribution in [3.05, 3.63) is 83.6 Å². The third-order valence-electron chi connectivity index (χ3n) is 6.30. The normalized spacial score (nSPS) is 16.2. The van der Waals surface area contributed by atoms with Gasteiger partial charge in [-0.3, -0.25) is 4.79 Å². The zero-order valence-corrected chi connectivity index (χ0v) is 18.8. The van der Waals surface area contributed by atoms with Crippen LogP contribution < -0.4 is 15.4 Å². The lowest BCUT2D eigenvalue weighted by Crippen LogP contribution is -2.32. The van der Waals surface area contributed by atoms with Gasteiger partial charge in [0.05, 0.1) is 37.6 Å². The van der Waals surface area contributed by atoms with Crippen molar-refractivity contribution in [2.75, 3.05) is 25.1 Å². The van der Waals surface area contributed by atoms with E-state index in [4.69, 9.17) is 14.9 Å². The highest BCUT2D eigenvalue weighted by Crippen LogP contribution is 2.42. The zero-order chi connectivity index (χ0) is 23.8. The van der Waals surface area contributed by atoms with Crippen LogP contribution in [0.1, 0.15) is 28.8 Å². The van der Waals surface area contributed by atoms with Crippen LogP contribution in [0.15, 0.2) is 71.3 Å². The molecule has 4 N–H and O–H groups in total. The summed E-state index contributed by atoms with van der Waals surface area (Å²) in [5.41, 5.74) is 12.0. The van der Waals surface area contributed by atoms with Crippen LogP contribution in [0, 0.1) is 0 Å². The number of benzene rings is 3. The van der Waals surface area contributed by atoms with Crippen molar-refractivity contribution in [2.24, 2.45) is 5.73 Å². The van der Waals surface area contributed by atoms with Crippen LogP contribution in [-0.2, 0) is 11.2 Å². The average molecular weight is 459 g/mol. The van der Waals surface area contributed by atoms with E-state index in [0.29, 0.717) is 17.9 Å². The van der Waals surface area contributed by atoms with Gasteiger partial charge in [-0.1, -0.05) is 30.3 Å². The molecule has 1 aliphatic rings. The minimum Gasteiger partial charge on any atom is -0.481 e.